The number of amides is 2. The van der Waals surface area contributed by atoms with E-state index >= 15 is 0 Å². The summed E-state index contributed by atoms with van der Waals surface area (Å²) in [6, 6.07) is 3.07. The molecule has 0 aliphatic heterocycles. The summed E-state index contributed by atoms with van der Waals surface area (Å²) < 4.78 is 0. The third-order valence-corrected chi connectivity index (χ3v) is 3.23. The summed E-state index contributed by atoms with van der Waals surface area (Å²) in [4.78, 5) is 22.8. The average Bonchev–Trinajstić information content (AvgIpc) is 2.32. The maximum absolute atomic E-state index is 11.7. The van der Waals surface area contributed by atoms with Gasteiger partial charge in [-0.15, -0.1) is 0 Å². The number of carbonyl (C=O) groups excluding carboxylic acids is 1. The number of urea groups is 1. The van der Waals surface area contributed by atoms with Crippen LogP contribution in [0.15, 0.2) is 18.2 Å². The molecule has 7 heteroatoms. The second-order valence-electron chi connectivity index (χ2n) is 4.75. The van der Waals surface area contributed by atoms with Crippen molar-refractivity contribution in [2.75, 3.05) is 5.32 Å². The topological polar surface area (TPSA) is 78.4 Å². The van der Waals surface area contributed by atoms with Gasteiger partial charge in [-0.1, -0.05) is 37.0 Å². The van der Waals surface area contributed by atoms with Gasteiger partial charge >= 0.3 is 12.0 Å². The summed E-state index contributed by atoms with van der Waals surface area (Å²) >= 11 is 11.6. The van der Waals surface area contributed by atoms with Gasteiger partial charge in [0.1, 0.15) is 6.04 Å². The number of benzene rings is 1. The highest BCUT2D eigenvalue weighted by Crippen LogP contribution is 2.24. The molecule has 20 heavy (non-hydrogen) atoms. The summed E-state index contributed by atoms with van der Waals surface area (Å²) in [5.41, 5.74) is 0.436. The summed E-state index contributed by atoms with van der Waals surface area (Å²) in [5, 5.41) is 14.6. The van der Waals surface area contributed by atoms with E-state index in [4.69, 9.17) is 28.3 Å². The first-order valence-electron chi connectivity index (χ1n) is 6.05. The molecule has 0 aliphatic carbocycles. The minimum absolute atomic E-state index is 0.154. The number of carbonyl (C=O) groups is 2. The molecular formula is C13H16Cl2N2O3. The highest BCUT2D eigenvalue weighted by molar-refractivity contribution is 6.42. The van der Waals surface area contributed by atoms with Gasteiger partial charge in [0.2, 0.25) is 0 Å². The number of hydrogen-bond donors (Lipinski definition) is 3. The molecule has 110 valence electrons. The monoisotopic (exact) mass is 318 g/mol. The predicted molar refractivity (Wildman–Crippen MR) is 79.5 cm³/mol. The number of nitrogens with one attached hydrogen (secondary N) is 2. The smallest absolute Gasteiger partial charge is 0.326 e. The van der Waals surface area contributed by atoms with E-state index in [1.165, 1.54) is 6.07 Å². The molecule has 1 atom stereocenters. The van der Waals surface area contributed by atoms with Crippen LogP contribution in [0.1, 0.15) is 20.3 Å². The van der Waals surface area contributed by atoms with Gasteiger partial charge in [0, 0.05) is 5.69 Å². The summed E-state index contributed by atoms with van der Waals surface area (Å²) in [5.74, 6) is -0.913. The number of carboxylic acids is 1. The van der Waals surface area contributed by atoms with Crippen molar-refractivity contribution in [2.45, 2.75) is 26.3 Å². The molecule has 1 rings (SSSR count). The Morgan fingerprint density at radius 3 is 2.40 bits per heavy atom. The van der Waals surface area contributed by atoms with Crippen molar-refractivity contribution < 1.29 is 14.7 Å². The normalized spacial score (nSPS) is 12.1. The van der Waals surface area contributed by atoms with E-state index in [0.717, 1.165) is 0 Å². The zero-order valence-electron chi connectivity index (χ0n) is 11.1. The van der Waals surface area contributed by atoms with E-state index in [0.29, 0.717) is 22.2 Å². The van der Waals surface area contributed by atoms with E-state index in [-0.39, 0.29) is 5.92 Å². The molecule has 0 heterocycles. The molecule has 0 saturated carbocycles. The fourth-order valence-corrected chi connectivity index (χ4v) is 1.89. The van der Waals surface area contributed by atoms with Gasteiger partial charge < -0.3 is 15.7 Å². The predicted octanol–water partition coefficient (Wildman–Crippen LogP) is 3.61. The Bertz CT molecular complexity index is 506. The summed E-state index contributed by atoms with van der Waals surface area (Å²) in [6.45, 7) is 3.77. The number of anilines is 1. The number of hydrogen-bond acceptors (Lipinski definition) is 2. The second-order valence-corrected chi connectivity index (χ2v) is 5.56. The van der Waals surface area contributed by atoms with Crippen LogP contribution in [-0.4, -0.2) is 23.1 Å². The lowest BCUT2D eigenvalue weighted by Crippen LogP contribution is -2.43. The van der Waals surface area contributed by atoms with Gasteiger partial charge in [0.05, 0.1) is 10.0 Å². The van der Waals surface area contributed by atoms with Crippen LogP contribution in [0.5, 0.6) is 0 Å². The van der Waals surface area contributed by atoms with Crippen LogP contribution in [-0.2, 0) is 4.79 Å². The fraction of sp³-hybridized carbons (Fsp3) is 0.385. The van der Waals surface area contributed by atoms with Crippen LogP contribution < -0.4 is 10.6 Å². The lowest BCUT2D eigenvalue weighted by atomic mass is 10.0. The quantitative estimate of drug-likeness (QED) is 0.775. The minimum atomic E-state index is -1.07. The SMILES string of the molecule is CC(C)C[C@H](NC(=O)Nc1ccc(Cl)c(Cl)c1)C(=O)O. The third kappa shape index (κ3) is 5.27. The highest BCUT2D eigenvalue weighted by Gasteiger charge is 2.21. The molecule has 1 aromatic carbocycles. The Morgan fingerprint density at radius 1 is 1.25 bits per heavy atom. The number of aliphatic carboxylic acids is 1. The van der Waals surface area contributed by atoms with Gasteiger partial charge in [-0.2, -0.15) is 0 Å². The first-order chi connectivity index (χ1) is 9.29. The molecule has 5 nitrogen and oxygen atoms in total. The van der Waals surface area contributed by atoms with E-state index in [1.807, 2.05) is 13.8 Å². The fourth-order valence-electron chi connectivity index (χ4n) is 1.59. The van der Waals surface area contributed by atoms with Gasteiger partial charge in [-0.05, 0) is 30.5 Å². The molecule has 0 spiro atoms. The summed E-state index contributed by atoms with van der Waals surface area (Å²) in [7, 11) is 0. The van der Waals surface area contributed by atoms with Gasteiger partial charge in [0.25, 0.3) is 0 Å². The van der Waals surface area contributed by atoms with Crippen LogP contribution in [0.25, 0.3) is 0 Å². The Morgan fingerprint density at radius 2 is 1.90 bits per heavy atom. The Kier molecular flexibility index (Phi) is 6.10. The van der Waals surface area contributed by atoms with Crippen LogP contribution in [0.4, 0.5) is 10.5 Å². The van der Waals surface area contributed by atoms with Crippen molar-refractivity contribution in [3.63, 3.8) is 0 Å². The van der Waals surface area contributed by atoms with E-state index < -0.39 is 18.0 Å². The van der Waals surface area contributed by atoms with Gasteiger partial charge in [-0.25, -0.2) is 9.59 Å². The molecule has 0 radical (unpaired) electrons. The van der Waals surface area contributed by atoms with Crippen LogP contribution in [0.3, 0.4) is 0 Å². The largest absolute Gasteiger partial charge is 0.480 e. The molecule has 2 amide bonds. The number of rotatable bonds is 5. The molecule has 0 aromatic heterocycles. The lowest BCUT2D eigenvalue weighted by molar-refractivity contribution is -0.139. The molecule has 0 bridgehead atoms. The van der Waals surface area contributed by atoms with Crippen molar-refractivity contribution in [3.8, 4) is 0 Å². The molecule has 1 aromatic rings. The van der Waals surface area contributed by atoms with Crippen molar-refractivity contribution in [1.29, 1.82) is 0 Å². The maximum Gasteiger partial charge on any atom is 0.326 e. The zero-order chi connectivity index (χ0) is 15.3. The van der Waals surface area contributed by atoms with E-state index in [9.17, 15) is 9.59 Å². The van der Waals surface area contributed by atoms with Crippen LogP contribution in [0.2, 0.25) is 10.0 Å². The molecule has 0 aliphatic rings. The zero-order valence-corrected chi connectivity index (χ0v) is 12.6. The Labute approximate surface area is 127 Å². The number of carboxylic acid groups (broad SMARTS) is 1. The lowest BCUT2D eigenvalue weighted by Gasteiger charge is -2.17. The molecule has 3 N–H and O–H groups in total. The van der Waals surface area contributed by atoms with E-state index in [1.54, 1.807) is 12.1 Å². The second kappa shape index (κ2) is 7.36. The Hall–Kier alpha value is -1.46. The molecule has 0 unspecified atom stereocenters. The molecular weight excluding hydrogens is 303 g/mol. The van der Waals surface area contributed by atoms with Gasteiger partial charge in [0.15, 0.2) is 0 Å². The summed E-state index contributed by atoms with van der Waals surface area (Å²) in [6.07, 6.45) is 0.351. The maximum atomic E-state index is 11.7. The molecule has 0 saturated heterocycles. The minimum Gasteiger partial charge on any atom is -0.480 e. The standard InChI is InChI=1S/C13H16Cl2N2O3/c1-7(2)5-11(12(18)19)17-13(20)16-8-3-4-9(14)10(15)6-8/h3-4,6-7,11H,5H2,1-2H3,(H,18,19)(H2,16,17,20)/t11-/m0/s1. The van der Waals surface area contributed by atoms with Crippen LogP contribution >= 0.6 is 23.2 Å². The average molecular weight is 319 g/mol. The molecule has 0 fully saturated rings. The van der Waals surface area contributed by atoms with Crippen molar-refractivity contribution in [3.05, 3.63) is 28.2 Å². The number of halogens is 2. The van der Waals surface area contributed by atoms with Gasteiger partial charge in [-0.3, -0.25) is 0 Å². The van der Waals surface area contributed by atoms with Crippen molar-refractivity contribution in [2.24, 2.45) is 5.92 Å². The Balaban J connectivity index is 2.65. The van der Waals surface area contributed by atoms with E-state index in [2.05, 4.69) is 10.6 Å². The van der Waals surface area contributed by atoms with Crippen molar-refractivity contribution in [1.82, 2.24) is 5.32 Å². The van der Waals surface area contributed by atoms with Crippen molar-refractivity contribution >= 4 is 40.9 Å². The van der Waals surface area contributed by atoms with Crippen LogP contribution in [0, 0.1) is 5.92 Å². The first kappa shape index (κ1) is 16.6. The first-order valence-corrected chi connectivity index (χ1v) is 6.80. The third-order valence-electron chi connectivity index (χ3n) is 2.49. The highest BCUT2D eigenvalue weighted by atomic mass is 35.5.